The van der Waals surface area contributed by atoms with Gasteiger partial charge in [-0.2, -0.15) is 0 Å². The molecule has 1 aliphatic rings. The van der Waals surface area contributed by atoms with E-state index < -0.39 is 10.0 Å². The van der Waals surface area contributed by atoms with Crippen LogP contribution in [0.1, 0.15) is 28.3 Å². The van der Waals surface area contributed by atoms with E-state index in [-0.39, 0.29) is 16.8 Å². The number of fused-ring (bicyclic) bond motifs is 1. The zero-order valence-corrected chi connectivity index (χ0v) is 23.3. The maximum Gasteiger partial charge on any atom is 0.272 e. The third-order valence-electron chi connectivity index (χ3n) is 7.17. The molecule has 1 aliphatic heterocycles. The number of pyridine rings is 2. The number of aryl methyl sites for hydroxylation is 1. The predicted octanol–water partition coefficient (Wildman–Crippen LogP) is 3.93. The van der Waals surface area contributed by atoms with Gasteiger partial charge in [0.05, 0.1) is 10.4 Å². The van der Waals surface area contributed by atoms with Gasteiger partial charge < -0.3 is 14.8 Å². The zero-order valence-electron chi connectivity index (χ0n) is 22.4. The Kier molecular flexibility index (Phi) is 7.21. The van der Waals surface area contributed by atoms with Gasteiger partial charge in [0.2, 0.25) is 10.0 Å². The molecule has 11 heteroatoms. The summed E-state index contributed by atoms with van der Waals surface area (Å²) in [6.45, 7) is 3.33. The monoisotopic (exact) mass is 567 g/mol. The third kappa shape index (κ3) is 5.81. The molecule has 6 rings (SSSR count). The average Bonchev–Trinajstić information content (AvgIpc) is 3.64. The molecule has 2 N–H and O–H groups in total. The molecule has 1 saturated heterocycles. The van der Waals surface area contributed by atoms with Gasteiger partial charge in [0, 0.05) is 55.3 Å². The molecule has 1 unspecified atom stereocenters. The lowest BCUT2D eigenvalue weighted by Crippen LogP contribution is -2.38. The Balaban J connectivity index is 1.08. The first-order valence-electron chi connectivity index (χ1n) is 13.3. The molecule has 2 aromatic carbocycles. The number of nitrogens with zero attached hydrogens (tertiary/aromatic N) is 5. The van der Waals surface area contributed by atoms with Crippen LogP contribution in [0.4, 0.5) is 5.82 Å². The summed E-state index contributed by atoms with van der Waals surface area (Å²) in [6.07, 6.45) is 5.82. The molecule has 5 aromatic rings. The second-order valence-electron chi connectivity index (χ2n) is 9.99. The van der Waals surface area contributed by atoms with Crippen LogP contribution in [0, 0.1) is 6.92 Å². The predicted molar refractivity (Wildman–Crippen MR) is 156 cm³/mol. The van der Waals surface area contributed by atoms with Crippen LogP contribution in [0.5, 0.6) is 0 Å². The molecule has 208 valence electrons. The second-order valence-corrected chi connectivity index (χ2v) is 11.7. The lowest BCUT2D eigenvalue weighted by atomic mass is 10.2. The molecule has 0 aliphatic carbocycles. The van der Waals surface area contributed by atoms with Crippen molar-refractivity contribution < 1.29 is 13.2 Å². The van der Waals surface area contributed by atoms with E-state index in [1.165, 1.54) is 0 Å². The Morgan fingerprint density at radius 2 is 1.85 bits per heavy atom. The molecular weight excluding hydrogens is 538 g/mol. The number of rotatable bonds is 8. The molecule has 0 bridgehead atoms. The van der Waals surface area contributed by atoms with Crippen LogP contribution in [-0.4, -0.2) is 57.9 Å². The molecule has 1 amide bonds. The minimum atomic E-state index is -3.78. The number of anilines is 1. The summed E-state index contributed by atoms with van der Waals surface area (Å²) in [4.78, 5) is 27.5. The summed E-state index contributed by atoms with van der Waals surface area (Å²) in [5.74, 6) is 1.43. The quantitative estimate of drug-likeness (QED) is 0.291. The summed E-state index contributed by atoms with van der Waals surface area (Å²) >= 11 is 0. The van der Waals surface area contributed by atoms with Crippen molar-refractivity contribution in [2.24, 2.45) is 0 Å². The highest BCUT2D eigenvalue weighted by Gasteiger charge is 2.30. The number of nitrogens with one attached hydrogen (secondary N) is 2. The van der Waals surface area contributed by atoms with E-state index in [0.29, 0.717) is 43.1 Å². The number of carbonyl (C=O) groups is 1. The Morgan fingerprint density at radius 3 is 2.61 bits per heavy atom. The number of likely N-dealkylation sites (tertiary alicyclic amines) is 1. The Bertz CT molecular complexity index is 1810. The molecule has 0 saturated carbocycles. The first-order chi connectivity index (χ1) is 19.9. The molecule has 41 heavy (non-hydrogen) atoms. The fourth-order valence-electron chi connectivity index (χ4n) is 4.97. The van der Waals surface area contributed by atoms with Gasteiger partial charge >= 0.3 is 0 Å². The Hall–Kier alpha value is -4.61. The highest BCUT2D eigenvalue weighted by molar-refractivity contribution is 7.89. The van der Waals surface area contributed by atoms with Gasteiger partial charge in [-0.1, -0.05) is 18.2 Å². The fourth-order valence-corrected chi connectivity index (χ4v) is 6.26. The lowest BCUT2D eigenvalue weighted by Gasteiger charge is -2.17. The van der Waals surface area contributed by atoms with E-state index >= 15 is 0 Å². The van der Waals surface area contributed by atoms with Crippen LogP contribution < -0.4 is 10.0 Å². The molecule has 0 spiro atoms. The van der Waals surface area contributed by atoms with Gasteiger partial charge in [-0.05, 0) is 73.5 Å². The number of aromatic nitrogens is 4. The Labute approximate surface area is 238 Å². The van der Waals surface area contributed by atoms with Crippen molar-refractivity contribution in [2.45, 2.75) is 30.8 Å². The van der Waals surface area contributed by atoms with Gasteiger partial charge in [0.1, 0.15) is 17.3 Å². The SMILES string of the molecule is Cc1nccn1-c1ccc(CNc2ccc3cc(S(=O)(=O)NC4CCN(C(=O)c5ccccn5)C4)ccc3n2)cc1. The summed E-state index contributed by atoms with van der Waals surface area (Å²) in [5.41, 5.74) is 3.20. The van der Waals surface area contributed by atoms with Crippen molar-refractivity contribution >= 4 is 32.7 Å². The fraction of sp³-hybridized carbons (Fsp3) is 0.200. The van der Waals surface area contributed by atoms with Crippen molar-refractivity contribution in [3.8, 4) is 5.69 Å². The molecule has 0 radical (unpaired) electrons. The molecule has 10 nitrogen and oxygen atoms in total. The van der Waals surface area contributed by atoms with Crippen molar-refractivity contribution in [3.05, 3.63) is 108 Å². The second kappa shape index (κ2) is 11.1. The van der Waals surface area contributed by atoms with E-state index in [2.05, 4.69) is 49.3 Å². The number of hydrogen-bond acceptors (Lipinski definition) is 7. The van der Waals surface area contributed by atoms with Gasteiger partial charge in [0.15, 0.2) is 0 Å². The van der Waals surface area contributed by atoms with E-state index in [9.17, 15) is 13.2 Å². The first-order valence-corrected chi connectivity index (χ1v) is 14.8. The maximum absolute atomic E-state index is 13.2. The normalized spacial score (nSPS) is 15.3. The van der Waals surface area contributed by atoms with Gasteiger partial charge in [-0.15, -0.1) is 0 Å². The van der Waals surface area contributed by atoms with Crippen LogP contribution in [0.3, 0.4) is 0 Å². The summed E-state index contributed by atoms with van der Waals surface area (Å²) in [7, 11) is -3.78. The summed E-state index contributed by atoms with van der Waals surface area (Å²) < 4.78 is 31.1. The highest BCUT2D eigenvalue weighted by atomic mass is 32.2. The van der Waals surface area contributed by atoms with Crippen molar-refractivity contribution in [1.29, 1.82) is 0 Å². The number of carbonyl (C=O) groups excluding carboxylic acids is 1. The molecule has 3 aromatic heterocycles. The molecule has 1 atom stereocenters. The van der Waals surface area contributed by atoms with Crippen molar-refractivity contribution in [3.63, 3.8) is 0 Å². The van der Waals surface area contributed by atoms with E-state index in [0.717, 1.165) is 22.5 Å². The van der Waals surface area contributed by atoms with Crippen LogP contribution >= 0.6 is 0 Å². The lowest BCUT2D eigenvalue weighted by molar-refractivity contribution is 0.0784. The van der Waals surface area contributed by atoms with Crippen LogP contribution in [-0.2, 0) is 16.6 Å². The third-order valence-corrected chi connectivity index (χ3v) is 8.68. The van der Waals surface area contributed by atoms with Crippen molar-refractivity contribution in [2.75, 3.05) is 18.4 Å². The highest BCUT2D eigenvalue weighted by Crippen LogP contribution is 2.22. The van der Waals surface area contributed by atoms with E-state index in [1.807, 2.05) is 29.8 Å². The van der Waals surface area contributed by atoms with Crippen LogP contribution in [0.15, 0.2) is 96.3 Å². The number of hydrogen-bond donors (Lipinski definition) is 2. The van der Waals surface area contributed by atoms with Crippen molar-refractivity contribution in [1.82, 2.24) is 29.1 Å². The van der Waals surface area contributed by atoms with Crippen LogP contribution in [0.25, 0.3) is 16.6 Å². The summed E-state index contributed by atoms with van der Waals surface area (Å²) in [5, 5.41) is 4.06. The smallest absolute Gasteiger partial charge is 0.272 e. The van der Waals surface area contributed by atoms with Crippen LogP contribution in [0.2, 0.25) is 0 Å². The molecular formula is C30H29N7O3S. The van der Waals surface area contributed by atoms with E-state index in [1.54, 1.807) is 53.7 Å². The topological polar surface area (TPSA) is 122 Å². The first kappa shape index (κ1) is 26.6. The number of sulfonamides is 1. The number of benzene rings is 2. The van der Waals surface area contributed by atoms with E-state index in [4.69, 9.17) is 0 Å². The average molecular weight is 568 g/mol. The van der Waals surface area contributed by atoms with Gasteiger partial charge in [-0.3, -0.25) is 9.78 Å². The maximum atomic E-state index is 13.2. The standard InChI is InChI=1S/C30H29N7O3S/c1-21-31-15-17-37(21)25-8-5-22(6-9-25)19-33-29-12-7-23-18-26(10-11-27(23)34-29)41(39,40)35-24-13-16-36(20-24)30(38)28-4-2-3-14-32-28/h2-12,14-15,17-18,24,35H,13,16,19-20H2,1H3,(H,33,34). The number of imidazole rings is 1. The summed E-state index contributed by atoms with van der Waals surface area (Å²) in [6, 6.07) is 21.6. The Morgan fingerprint density at radius 1 is 1.00 bits per heavy atom. The minimum Gasteiger partial charge on any atom is -0.366 e. The minimum absolute atomic E-state index is 0.162. The zero-order chi connectivity index (χ0) is 28.4. The number of amides is 1. The van der Waals surface area contributed by atoms with Gasteiger partial charge in [-0.25, -0.2) is 23.1 Å². The largest absolute Gasteiger partial charge is 0.366 e. The molecule has 1 fully saturated rings. The molecule has 4 heterocycles. The van der Waals surface area contributed by atoms with Gasteiger partial charge in [0.25, 0.3) is 5.91 Å².